The highest BCUT2D eigenvalue weighted by Crippen LogP contribution is 2.38. The van der Waals surface area contributed by atoms with Crippen molar-refractivity contribution in [3.63, 3.8) is 0 Å². The highest BCUT2D eigenvalue weighted by molar-refractivity contribution is 9.10. The SMILES string of the molecule is CCOc1cc(C2CCN(C)CC2)ccc1Nc1ncc2c(n1)N(Cc1cccc(Br)c1)[C@H](CC)C(=O)N2C. The lowest BCUT2D eigenvalue weighted by atomic mass is 9.89. The number of halogens is 1. The smallest absolute Gasteiger partial charge is 0.249 e. The summed E-state index contributed by atoms with van der Waals surface area (Å²) in [5, 5.41) is 3.40. The molecular formula is C30H37BrN6O2. The number of carbonyl (C=O) groups is 1. The molecule has 206 valence electrons. The topological polar surface area (TPSA) is 73.8 Å². The summed E-state index contributed by atoms with van der Waals surface area (Å²) in [7, 11) is 3.98. The van der Waals surface area contributed by atoms with Crippen LogP contribution in [0.2, 0.25) is 0 Å². The van der Waals surface area contributed by atoms with Gasteiger partial charge in [0, 0.05) is 18.1 Å². The number of likely N-dealkylation sites (N-methyl/N-ethyl adjacent to an activating group) is 1. The molecule has 3 aromatic rings. The number of benzene rings is 2. The molecule has 9 heteroatoms. The van der Waals surface area contributed by atoms with Gasteiger partial charge in [-0.2, -0.15) is 4.98 Å². The molecule has 5 rings (SSSR count). The maximum absolute atomic E-state index is 13.2. The van der Waals surface area contributed by atoms with E-state index in [9.17, 15) is 4.79 Å². The summed E-state index contributed by atoms with van der Waals surface area (Å²) in [6.07, 6.45) is 4.72. The minimum Gasteiger partial charge on any atom is -0.492 e. The Morgan fingerprint density at radius 3 is 2.62 bits per heavy atom. The molecule has 0 bridgehead atoms. The van der Waals surface area contributed by atoms with E-state index in [4.69, 9.17) is 9.72 Å². The van der Waals surface area contributed by atoms with Gasteiger partial charge in [0.2, 0.25) is 11.9 Å². The first-order valence-corrected chi connectivity index (χ1v) is 14.5. The van der Waals surface area contributed by atoms with E-state index in [1.54, 1.807) is 18.1 Å². The summed E-state index contributed by atoms with van der Waals surface area (Å²) >= 11 is 3.57. The van der Waals surface area contributed by atoms with Crippen LogP contribution in [0, 0.1) is 0 Å². The average molecular weight is 594 g/mol. The molecular weight excluding hydrogens is 556 g/mol. The molecule has 1 fully saturated rings. The number of rotatable bonds is 8. The summed E-state index contributed by atoms with van der Waals surface area (Å²) in [4.78, 5) is 28.9. The minimum absolute atomic E-state index is 0.0485. The lowest BCUT2D eigenvalue weighted by Gasteiger charge is -2.40. The third kappa shape index (κ3) is 5.89. The normalized spacial score (nSPS) is 18.3. The predicted molar refractivity (Wildman–Crippen MR) is 160 cm³/mol. The number of amides is 1. The molecule has 0 unspecified atom stereocenters. The van der Waals surface area contributed by atoms with Crippen LogP contribution in [0.15, 0.2) is 53.1 Å². The Balaban J connectivity index is 1.46. The van der Waals surface area contributed by atoms with Crippen LogP contribution < -0.4 is 19.9 Å². The third-order valence-electron chi connectivity index (χ3n) is 7.75. The highest BCUT2D eigenvalue weighted by Gasteiger charge is 2.37. The molecule has 2 aromatic carbocycles. The van der Waals surface area contributed by atoms with Gasteiger partial charge in [-0.15, -0.1) is 0 Å². The fourth-order valence-electron chi connectivity index (χ4n) is 5.54. The standard InChI is InChI=1S/C30H37BrN6O2/c1-5-25-29(38)36(4)26-18-32-30(34-28(26)37(25)19-20-8-7-9-23(31)16-20)33-24-11-10-22(17-27(24)39-6-2)21-12-14-35(3)15-13-21/h7-11,16-18,21,25H,5-6,12-15,19H2,1-4H3,(H,32,33,34)/t25-/m1/s1. The summed E-state index contributed by atoms with van der Waals surface area (Å²) in [5.74, 6) is 2.61. The van der Waals surface area contributed by atoms with Gasteiger partial charge in [-0.1, -0.05) is 41.1 Å². The Labute approximate surface area is 239 Å². The molecule has 0 spiro atoms. The maximum Gasteiger partial charge on any atom is 0.249 e. The van der Waals surface area contributed by atoms with Crippen LogP contribution in [0.3, 0.4) is 0 Å². The number of anilines is 4. The Morgan fingerprint density at radius 1 is 1.10 bits per heavy atom. The zero-order valence-electron chi connectivity index (χ0n) is 23.2. The second kappa shape index (κ2) is 11.9. The fourth-order valence-corrected chi connectivity index (χ4v) is 5.99. The van der Waals surface area contributed by atoms with E-state index < -0.39 is 0 Å². The van der Waals surface area contributed by atoms with E-state index in [1.165, 1.54) is 5.56 Å². The monoisotopic (exact) mass is 592 g/mol. The van der Waals surface area contributed by atoms with Gasteiger partial charge < -0.3 is 24.8 Å². The fraction of sp³-hybridized carbons (Fsp3) is 0.433. The largest absolute Gasteiger partial charge is 0.492 e. The molecule has 8 nitrogen and oxygen atoms in total. The van der Waals surface area contributed by atoms with Crippen molar-refractivity contribution in [1.82, 2.24) is 14.9 Å². The summed E-state index contributed by atoms with van der Waals surface area (Å²) in [6, 6.07) is 14.3. The summed E-state index contributed by atoms with van der Waals surface area (Å²) in [6.45, 7) is 7.40. The van der Waals surface area contributed by atoms with Crippen molar-refractivity contribution in [1.29, 1.82) is 0 Å². The number of nitrogens with one attached hydrogen (secondary N) is 1. The molecule has 2 aliphatic heterocycles. The number of ether oxygens (including phenoxy) is 1. The maximum atomic E-state index is 13.2. The van der Waals surface area contributed by atoms with Crippen molar-refractivity contribution in [3.05, 3.63) is 64.3 Å². The van der Waals surface area contributed by atoms with Crippen molar-refractivity contribution in [2.75, 3.05) is 48.9 Å². The molecule has 1 amide bonds. The molecule has 0 aliphatic carbocycles. The number of aromatic nitrogens is 2. The molecule has 1 aromatic heterocycles. The number of carbonyl (C=O) groups excluding carboxylic acids is 1. The van der Waals surface area contributed by atoms with Crippen LogP contribution in [-0.4, -0.2) is 60.6 Å². The first-order valence-electron chi connectivity index (χ1n) is 13.8. The Kier molecular flexibility index (Phi) is 8.37. The second-order valence-corrected chi connectivity index (χ2v) is 11.3. The first-order chi connectivity index (χ1) is 18.9. The van der Waals surface area contributed by atoms with Crippen molar-refractivity contribution in [2.45, 2.75) is 51.6 Å². The molecule has 0 radical (unpaired) electrons. The zero-order chi connectivity index (χ0) is 27.5. The van der Waals surface area contributed by atoms with E-state index in [-0.39, 0.29) is 11.9 Å². The number of nitrogens with zero attached hydrogens (tertiary/aromatic N) is 5. The van der Waals surface area contributed by atoms with Crippen molar-refractivity contribution < 1.29 is 9.53 Å². The Bertz CT molecular complexity index is 1330. The predicted octanol–water partition coefficient (Wildman–Crippen LogP) is 5.95. The number of hydrogen-bond donors (Lipinski definition) is 1. The summed E-state index contributed by atoms with van der Waals surface area (Å²) in [5.41, 5.74) is 3.95. The lowest BCUT2D eigenvalue weighted by Crippen LogP contribution is -2.52. The van der Waals surface area contributed by atoms with Crippen LogP contribution >= 0.6 is 15.9 Å². The van der Waals surface area contributed by atoms with Crippen LogP contribution in [0.1, 0.15) is 50.2 Å². The highest BCUT2D eigenvalue weighted by atomic mass is 79.9. The van der Waals surface area contributed by atoms with E-state index in [1.807, 2.05) is 26.0 Å². The van der Waals surface area contributed by atoms with E-state index >= 15 is 0 Å². The van der Waals surface area contributed by atoms with Crippen molar-refractivity contribution >= 4 is 45.0 Å². The first kappa shape index (κ1) is 27.4. The van der Waals surface area contributed by atoms with Crippen LogP contribution in [0.4, 0.5) is 23.1 Å². The van der Waals surface area contributed by atoms with Crippen molar-refractivity contribution in [3.8, 4) is 5.75 Å². The van der Waals surface area contributed by atoms with Gasteiger partial charge in [-0.05, 0) is 87.6 Å². The van der Waals surface area contributed by atoms with Gasteiger partial charge in [-0.3, -0.25) is 4.79 Å². The number of fused-ring (bicyclic) bond motifs is 1. The third-order valence-corrected chi connectivity index (χ3v) is 8.24. The van der Waals surface area contributed by atoms with Gasteiger partial charge in [0.25, 0.3) is 0 Å². The molecule has 39 heavy (non-hydrogen) atoms. The number of likely N-dealkylation sites (tertiary alicyclic amines) is 1. The van der Waals surface area contributed by atoms with E-state index in [0.717, 1.165) is 53.2 Å². The second-order valence-electron chi connectivity index (χ2n) is 10.4. The molecule has 1 atom stereocenters. The molecule has 3 heterocycles. The molecule has 1 saturated heterocycles. The summed E-state index contributed by atoms with van der Waals surface area (Å²) < 4.78 is 7.06. The van der Waals surface area contributed by atoms with Crippen LogP contribution in [0.25, 0.3) is 0 Å². The molecule has 1 N–H and O–H groups in total. The number of hydrogen-bond acceptors (Lipinski definition) is 7. The quantitative estimate of drug-likeness (QED) is 0.346. The van der Waals surface area contributed by atoms with Crippen molar-refractivity contribution in [2.24, 2.45) is 0 Å². The zero-order valence-corrected chi connectivity index (χ0v) is 24.7. The number of piperidine rings is 1. The Hall–Kier alpha value is -3.17. The van der Waals surface area contributed by atoms with Crippen LogP contribution in [-0.2, 0) is 11.3 Å². The molecule has 2 aliphatic rings. The van der Waals surface area contributed by atoms with Gasteiger partial charge in [-0.25, -0.2) is 4.98 Å². The Morgan fingerprint density at radius 2 is 1.90 bits per heavy atom. The van der Waals surface area contributed by atoms with Gasteiger partial charge in [0.1, 0.15) is 17.5 Å². The van der Waals surface area contributed by atoms with E-state index in [2.05, 4.69) is 73.4 Å². The van der Waals surface area contributed by atoms with E-state index in [0.29, 0.717) is 37.1 Å². The minimum atomic E-state index is -0.308. The molecule has 0 saturated carbocycles. The van der Waals surface area contributed by atoms with Gasteiger partial charge in [0.05, 0.1) is 18.5 Å². The lowest BCUT2D eigenvalue weighted by molar-refractivity contribution is -0.120. The van der Waals surface area contributed by atoms with Crippen LogP contribution in [0.5, 0.6) is 5.75 Å². The van der Waals surface area contributed by atoms with Gasteiger partial charge >= 0.3 is 0 Å². The average Bonchev–Trinajstić information content (AvgIpc) is 2.93. The van der Waals surface area contributed by atoms with Gasteiger partial charge in [0.15, 0.2) is 5.82 Å².